The largest absolute Gasteiger partial charge is 0.343 e. The number of anilines is 1. The lowest BCUT2D eigenvalue weighted by Gasteiger charge is -2.22. The molecule has 0 saturated heterocycles. The smallest absolute Gasteiger partial charge is 0.253 e. The molecule has 1 aliphatic heterocycles. The molecule has 1 aliphatic rings. The molecule has 106 valence electrons. The van der Waals surface area contributed by atoms with Gasteiger partial charge in [0.15, 0.2) is 0 Å². The minimum Gasteiger partial charge on any atom is -0.343 e. The van der Waals surface area contributed by atoms with Gasteiger partial charge in [0.25, 0.3) is 5.91 Å². The van der Waals surface area contributed by atoms with E-state index in [0.717, 1.165) is 0 Å². The van der Waals surface area contributed by atoms with Gasteiger partial charge in [-0.25, -0.2) is 4.39 Å². The van der Waals surface area contributed by atoms with Crippen LogP contribution in [0, 0.1) is 5.82 Å². The van der Waals surface area contributed by atoms with Gasteiger partial charge in [0.1, 0.15) is 5.82 Å². The zero-order valence-corrected chi connectivity index (χ0v) is 11.2. The summed E-state index contributed by atoms with van der Waals surface area (Å²) in [7, 11) is 0. The summed E-state index contributed by atoms with van der Waals surface area (Å²) in [6.45, 7) is -0.000550. The van der Waals surface area contributed by atoms with Crippen LogP contribution in [0.1, 0.15) is 15.9 Å². The van der Waals surface area contributed by atoms with Crippen LogP contribution in [0.25, 0.3) is 0 Å². The Kier molecular flexibility index (Phi) is 3.39. The van der Waals surface area contributed by atoms with Crippen molar-refractivity contribution in [3.05, 3.63) is 65.5 Å². The molecule has 4 nitrogen and oxygen atoms in total. The van der Waals surface area contributed by atoms with Gasteiger partial charge in [0, 0.05) is 5.56 Å². The minimum absolute atomic E-state index is 0.0947. The lowest BCUT2D eigenvalue weighted by Crippen LogP contribution is -2.36. The van der Waals surface area contributed by atoms with E-state index in [1.807, 2.05) is 0 Å². The molecule has 0 bridgehead atoms. The second kappa shape index (κ2) is 5.36. The van der Waals surface area contributed by atoms with E-state index in [2.05, 4.69) is 5.32 Å². The first-order chi connectivity index (χ1) is 10.2. The fraction of sp³-hybridized carbons (Fsp3) is 0.125. The average Bonchev–Trinajstić information content (AvgIpc) is 2.62. The zero-order valence-electron chi connectivity index (χ0n) is 11.2. The quantitative estimate of drug-likeness (QED) is 0.918. The van der Waals surface area contributed by atoms with Crippen LogP contribution in [-0.4, -0.2) is 18.4 Å². The normalized spacial score (nSPS) is 14.4. The monoisotopic (exact) mass is 284 g/mol. The van der Waals surface area contributed by atoms with Crippen LogP contribution in [0.4, 0.5) is 10.1 Å². The predicted octanol–water partition coefficient (Wildman–Crippen LogP) is 2.10. The van der Waals surface area contributed by atoms with Crippen molar-refractivity contribution in [2.75, 3.05) is 11.4 Å². The summed E-state index contributed by atoms with van der Waals surface area (Å²) in [6, 6.07) is 13.1. The molecule has 0 aromatic heterocycles. The number of rotatable bonds is 2. The highest BCUT2D eigenvalue weighted by Crippen LogP contribution is 2.25. The Hall–Kier alpha value is -2.69. The number of carbonyl (C=O) groups excluding carboxylic acids is 2. The van der Waals surface area contributed by atoms with Crippen molar-refractivity contribution in [3.63, 3.8) is 0 Å². The Morgan fingerprint density at radius 2 is 1.76 bits per heavy atom. The van der Waals surface area contributed by atoms with Crippen LogP contribution in [0.2, 0.25) is 0 Å². The second-order valence-corrected chi connectivity index (χ2v) is 4.77. The van der Waals surface area contributed by atoms with Gasteiger partial charge >= 0.3 is 0 Å². The maximum atomic E-state index is 13.8. The Balaban J connectivity index is 2.04. The number of hydrogen-bond acceptors (Lipinski definition) is 2. The van der Waals surface area contributed by atoms with Crippen molar-refractivity contribution in [1.82, 2.24) is 5.32 Å². The number of hydrogen-bond donors (Lipinski definition) is 1. The molecular formula is C16H13FN2O2. The predicted molar refractivity (Wildman–Crippen MR) is 76.4 cm³/mol. The van der Waals surface area contributed by atoms with Crippen molar-refractivity contribution in [2.24, 2.45) is 0 Å². The summed E-state index contributed by atoms with van der Waals surface area (Å²) in [5.74, 6) is -0.933. The zero-order chi connectivity index (χ0) is 14.8. The molecule has 21 heavy (non-hydrogen) atoms. The summed E-state index contributed by atoms with van der Waals surface area (Å²) in [4.78, 5) is 25.6. The van der Waals surface area contributed by atoms with E-state index in [1.54, 1.807) is 42.5 Å². The van der Waals surface area contributed by atoms with Crippen LogP contribution in [0.5, 0.6) is 0 Å². The number of amides is 2. The van der Waals surface area contributed by atoms with Crippen LogP contribution in [0.3, 0.4) is 0 Å². The Bertz CT molecular complexity index is 715. The fourth-order valence-electron chi connectivity index (χ4n) is 2.35. The van der Waals surface area contributed by atoms with E-state index in [1.165, 1.54) is 11.0 Å². The highest BCUT2D eigenvalue weighted by Gasteiger charge is 2.26. The number of para-hydroxylation sites is 1. The molecule has 0 fully saturated rings. The van der Waals surface area contributed by atoms with Crippen molar-refractivity contribution >= 4 is 17.5 Å². The van der Waals surface area contributed by atoms with Crippen LogP contribution < -0.4 is 10.2 Å². The Morgan fingerprint density at radius 3 is 2.57 bits per heavy atom. The number of nitrogens with zero attached hydrogens (tertiary/aromatic N) is 1. The maximum Gasteiger partial charge on any atom is 0.253 e. The molecule has 0 atom stereocenters. The van der Waals surface area contributed by atoms with Gasteiger partial charge in [0.05, 0.1) is 24.3 Å². The van der Waals surface area contributed by atoms with E-state index in [0.29, 0.717) is 16.8 Å². The van der Waals surface area contributed by atoms with Crippen LogP contribution in [0.15, 0.2) is 48.5 Å². The maximum absolute atomic E-state index is 13.8. The third-order valence-electron chi connectivity index (χ3n) is 3.43. The van der Waals surface area contributed by atoms with Gasteiger partial charge in [-0.3, -0.25) is 9.59 Å². The third kappa shape index (κ3) is 2.50. The van der Waals surface area contributed by atoms with E-state index >= 15 is 0 Å². The lowest BCUT2D eigenvalue weighted by molar-refractivity contribution is -0.117. The molecule has 0 radical (unpaired) electrons. The van der Waals surface area contributed by atoms with Crippen molar-refractivity contribution in [3.8, 4) is 0 Å². The highest BCUT2D eigenvalue weighted by molar-refractivity contribution is 6.09. The van der Waals surface area contributed by atoms with Gasteiger partial charge in [-0.05, 0) is 18.2 Å². The molecule has 1 N–H and O–H groups in total. The number of nitrogens with one attached hydrogen (secondary N) is 1. The SMILES string of the molecule is O=C1NCC(=O)N(Cc2ccccc2F)c2ccccc21. The van der Waals surface area contributed by atoms with Crippen molar-refractivity contribution in [2.45, 2.75) is 6.54 Å². The summed E-state index contributed by atoms with van der Waals surface area (Å²) >= 11 is 0. The number of benzene rings is 2. The molecule has 3 rings (SSSR count). The molecule has 5 heteroatoms. The van der Waals surface area contributed by atoms with Gasteiger partial charge in [-0.1, -0.05) is 30.3 Å². The number of carbonyl (C=O) groups is 2. The molecule has 0 spiro atoms. The van der Waals surface area contributed by atoms with E-state index in [9.17, 15) is 14.0 Å². The van der Waals surface area contributed by atoms with Crippen LogP contribution >= 0.6 is 0 Å². The average molecular weight is 284 g/mol. The number of fused-ring (bicyclic) bond motifs is 1. The minimum atomic E-state index is -0.369. The Morgan fingerprint density at radius 1 is 1.05 bits per heavy atom. The fourth-order valence-corrected chi connectivity index (χ4v) is 2.35. The molecule has 0 saturated carbocycles. The first kappa shape index (κ1) is 13.3. The molecule has 1 heterocycles. The first-order valence-electron chi connectivity index (χ1n) is 6.58. The molecule has 2 aromatic carbocycles. The van der Waals surface area contributed by atoms with E-state index in [4.69, 9.17) is 0 Å². The van der Waals surface area contributed by atoms with E-state index in [-0.39, 0.29) is 30.7 Å². The lowest BCUT2D eigenvalue weighted by atomic mass is 10.1. The molecule has 0 aliphatic carbocycles. The second-order valence-electron chi connectivity index (χ2n) is 4.77. The third-order valence-corrected chi connectivity index (χ3v) is 3.43. The first-order valence-corrected chi connectivity index (χ1v) is 6.58. The Labute approximate surface area is 121 Å². The summed E-state index contributed by atoms with van der Waals surface area (Å²) in [5, 5.41) is 2.56. The van der Waals surface area contributed by atoms with Gasteiger partial charge in [-0.15, -0.1) is 0 Å². The molecular weight excluding hydrogens is 271 g/mol. The summed E-state index contributed by atoms with van der Waals surface area (Å²) < 4.78 is 13.8. The highest BCUT2D eigenvalue weighted by atomic mass is 19.1. The van der Waals surface area contributed by atoms with Crippen LogP contribution in [-0.2, 0) is 11.3 Å². The van der Waals surface area contributed by atoms with Gasteiger partial charge in [-0.2, -0.15) is 0 Å². The van der Waals surface area contributed by atoms with Gasteiger partial charge in [0.2, 0.25) is 5.91 Å². The van der Waals surface area contributed by atoms with E-state index < -0.39 is 0 Å². The molecule has 0 unspecified atom stereocenters. The summed E-state index contributed by atoms with van der Waals surface area (Å²) in [5.41, 5.74) is 1.33. The molecule has 2 aromatic rings. The van der Waals surface area contributed by atoms with Crippen molar-refractivity contribution in [1.29, 1.82) is 0 Å². The van der Waals surface area contributed by atoms with Gasteiger partial charge < -0.3 is 10.2 Å². The summed E-state index contributed by atoms with van der Waals surface area (Å²) in [6.07, 6.45) is 0. The topological polar surface area (TPSA) is 49.4 Å². The number of halogens is 1. The standard InChI is InChI=1S/C16H13FN2O2/c17-13-7-3-1-5-11(13)10-19-14-8-4-2-6-12(14)16(21)18-9-15(19)20/h1-8H,9-10H2,(H,18,21). The molecule has 2 amide bonds. The van der Waals surface area contributed by atoms with Crippen molar-refractivity contribution < 1.29 is 14.0 Å².